The molecule has 3 amide bonds. The normalized spacial score (nSPS) is 22.2. The van der Waals surface area contributed by atoms with Crippen molar-refractivity contribution < 1.29 is 14.4 Å². The maximum Gasteiger partial charge on any atom is 0.242 e. The first kappa shape index (κ1) is 21.3. The Labute approximate surface area is 182 Å². The topological polar surface area (TPSA) is 107 Å². The van der Waals surface area contributed by atoms with Gasteiger partial charge in [-0.15, -0.1) is 0 Å². The molecule has 8 nitrogen and oxygen atoms in total. The minimum Gasteiger partial charge on any atom is -0.351 e. The molecule has 8 heteroatoms. The van der Waals surface area contributed by atoms with Crippen molar-refractivity contribution in [1.82, 2.24) is 25.5 Å². The van der Waals surface area contributed by atoms with E-state index in [-0.39, 0.29) is 35.6 Å². The summed E-state index contributed by atoms with van der Waals surface area (Å²) in [5.41, 5.74) is 1.96. The quantitative estimate of drug-likeness (QED) is 0.631. The molecule has 2 aromatic rings. The number of aromatic nitrogens is 2. The van der Waals surface area contributed by atoms with Crippen molar-refractivity contribution in [3.05, 3.63) is 30.1 Å². The summed E-state index contributed by atoms with van der Waals surface area (Å²) in [7, 11) is 0. The van der Waals surface area contributed by atoms with Crippen LogP contribution < -0.4 is 10.6 Å². The Balaban J connectivity index is 1.19. The van der Waals surface area contributed by atoms with Gasteiger partial charge in [0.05, 0.1) is 11.0 Å². The van der Waals surface area contributed by atoms with Gasteiger partial charge in [-0.2, -0.15) is 0 Å². The molecule has 1 aromatic heterocycles. The standard InChI is InChI=1S/C23H31N5O3/c1-3-21(30)28-10-8-16(9-11-28)25-23(31)14(2)24-20(29)13-15-12-17(15)22-26-18-6-4-5-7-19(18)27-22/h4-7,14-17H,3,8-13H2,1-2H3,(H,24,29)(H,25,31)(H,26,27)/t14-,15-,17-/m0/s1. The number of hydrogen-bond donors (Lipinski definition) is 3. The Morgan fingerprint density at radius 3 is 2.68 bits per heavy atom. The largest absolute Gasteiger partial charge is 0.351 e. The fourth-order valence-corrected chi connectivity index (χ4v) is 4.38. The van der Waals surface area contributed by atoms with E-state index < -0.39 is 6.04 Å². The fraction of sp³-hybridized carbons (Fsp3) is 0.565. The second kappa shape index (κ2) is 9.08. The second-order valence-electron chi connectivity index (χ2n) is 8.75. The lowest BCUT2D eigenvalue weighted by atomic mass is 10.0. The minimum absolute atomic E-state index is 0.0497. The van der Waals surface area contributed by atoms with Crippen LogP contribution in [0, 0.1) is 5.92 Å². The van der Waals surface area contributed by atoms with Crippen LogP contribution in [0.2, 0.25) is 0 Å². The van der Waals surface area contributed by atoms with Crippen molar-refractivity contribution >= 4 is 28.8 Å². The molecule has 3 atom stereocenters. The van der Waals surface area contributed by atoms with Crippen LogP contribution in [0.25, 0.3) is 11.0 Å². The third kappa shape index (κ3) is 5.06. The smallest absolute Gasteiger partial charge is 0.242 e. The van der Waals surface area contributed by atoms with E-state index in [4.69, 9.17) is 0 Å². The van der Waals surface area contributed by atoms with Gasteiger partial charge in [0.1, 0.15) is 11.9 Å². The molecule has 0 unspecified atom stereocenters. The number of imidazole rings is 1. The first-order valence-electron chi connectivity index (χ1n) is 11.3. The van der Waals surface area contributed by atoms with Gasteiger partial charge < -0.3 is 20.5 Å². The number of benzene rings is 1. The molecule has 0 bridgehead atoms. The molecule has 3 N–H and O–H groups in total. The lowest BCUT2D eigenvalue weighted by molar-refractivity contribution is -0.132. The maximum absolute atomic E-state index is 12.5. The highest BCUT2D eigenvalue weighted by molar-refractivity contribution is 5.87. The molecule has 2 fully saturated rings. The van der Waals surface area contributed by atoms with Gasteiger partial charge in [0.2, 0.25) is 17.7 Å². The van der Waals surface area contributed by atoms with E-state index >= 15 is 0 Å². The number of amides is 3. The number of fused-ring (bicyclic) bond motifs is 1. The molecular formula is C23H31N5O3. The Kier molecular flexibility index (Phi) is 6.25. The van der Waals surface area contributed by atoms with Gasteiger partial charge in [-0.05, 0) is 44.2 Å². The minimum atomic E-state index is -0.578. The summed E-state index contributed by atoms with van der Waals surface area (Å²) in [6.07, 6.45) is 3.34. The number of hydrogen-bond acceptors (Lipinski definition) is 4. The van der Waals surface area contributed by atoms with Gasteiger partial charge in [-0.3, -0.25) is 14.4 Å². The molecule has 0 radical (unpaired) electrons. The summed E-state index contributed by atoms with van der Waals surface area (Å²) in [5, 5.41) is 5.84. The summed E-state index contributed by atoms with van der Waals surface area (Å²) >= 11 is 0. The van der Waals surface area contributed by atoms with Crippen LogP contribution >= 0.6 is 0 Å². The second-order valence-corrected chi connectivity index (χ2v) is 8.75. The number of likely N-dealkylation sites (tertiary alicyclic amines) is 1. The summed E-state index contributed by atoms with van der Waals surface area (Å²) < 4.78 is 0. The van der Waals surface area contributed by atoms with E-state index in [1.807, 2.05) is 36.1 Å². The molecule has 31 heavy (non-hydrogen) atoms. The summed E-state index contributed by atoms with van der Waals surface area (Å²) in [4.78, 5) is 46.5. The molecular weight excluding hydrogens is 394 g/mol. The van der Waals surface area contributed by atoms with Crippen molar-refractivity contribution in [2.45, 2.75) is 64.0 Å². The van der Waals surface area contributed by atoms with Gasteiger partial charge in [-0.1, -0.05) is 19.1 Å². The molecule has 1 aliphatic carbocycles. The number of aromatic amines is 1. The number of carbonyl (C=O) groups is 3. The Morgan fingerprint density at radius 1 is 1.23 bits per heavy atom. The number of nitrogens with zero attached hydrogens (tertiary/aromatic N) is 2. The highest BCUT2D eigenvalue weighted by Gasteiger charge is 2.42. The van der Waals surface area contributed by atoms with E-state index in [9.17, 15) is 14.4 Å². The number of nitrogens with one attached hydrogen (secondary N) is 3. The van der Waals surface area contributed by atoms with Crippen LogP contribution in [0.3, 0.4) is 0 Å². The average Bonchev–Trinajstić information content (AvgIpc) is 3.39. The Hall–Kier alpha value is -2.90. The maximum atomic E-state index is 12.5. The van der Waals surface area contributed by atoms with Gasteiger partial charge in [0.15, 0.2) is 0 Å². The van der Waals surface area contributed by atoms with Gasteiger partial charge in [0, 0.05) is 37.9 Å². The van der Waals surface area contributed by atoms with Crippen LogP contribution in [0.1, 0.15) is 57.7 Å². The van der Waals surface area contributed by atoms with Crippen molar-refractivity contribution in [2.24, 2.45) is 5.92 Å². The van der Waals surface area contributed by atoms with E-state index in [1.165, 1.54) is 0 Å². The first-order valence-corrected chi connectivity index (χ1v) is 11.3. The highest BCUT2D eigenvalue weighted by atomic mass is 16.2. The molecule has 0 spiro atoms. The third-order valence-corrected chi connectivity index (χ3v) is 6.40. The monoisotopic (exact) mass is 425 g/mol. The van der Waals surface area contributed by atoms with Gasteiger partial charge in [0.25, 0.3) is 0 Å². The molecule has 4 rings (SSSR count). The SMILES string of the molecule is CCC(=O)N1CCC(NC(=O)[C@H](C)NC(=O)C[C@@H]2C[C@@H]2c2nc3ccccc3[nH]2)CC1. The molecule has 1 saturated heterocycles. The predicted molar refractivity (Wildman–Crippen MR) is 117 cm³/mol. The van der Waals surface area contributed by atoms with Gasteiger partial charge >= 0.3 is 0 Å². The van der Waals surface area contributed by atoms with Crippen molar-refractivity contribution in [2.75, 3.05) is 13.1 Å². The zero-order chi connectivity index (χ0) is 22.0. The number of H-pyrrole nitrogens is 1. The summed E-state index contributed by atoms with van der Waals surface area (Å²) in [6, 6.07) is 7.39. The summed E-state index contributed by atoms with van der Waals surface area (Å²) in [6.45, 7) is 4.92. The van der Waals surface area contributed by atoms with E-state index in [0.29, 0.717) is 25.9 Å². The van der Waals surface area contributed by atoms with E-state index in [0.717, 1.165) is 36.1 Å². The predicted octanol–water partition coefficient (Wildman–Crippen LogP) is 2.08. The van der Waals surface area contributed by atoms with Crippen molar-refractivity contribution in [3.63, 3.8) is 0 Å². The van der Waals surface area contributed by atoms with Crippen molar-refractivity contribution in [3.8, 4) is 0 Å². The zero-order valence-corrected chi connectivity index (χ0v) is 18.2. The van der Waals surface area contributed by atoms with Crippen LogP contribution in [-0.2, 0) is 14.4 Å². The highest BCUT2D eigenvalue weighted by Crippen LogP contribution is 2.48. The lowest BCUT2D eigenvalue weighted by Gasteiger charge is -2.32. The number of rotatable bonds is 7. The third-order valence-electron chi connectivity index (χ3n) is 6.40. The van der Waals surface area contributed by atoms with E-state index in [1.54, 1.807) is 6.92 Å². The molecule has 2 aliphatic rings. The van der Waals surface area contributed by atoms with Crippen LogP contribution in [0.4, 0.5) is 0 Å². The van der Waals surface area contributed by atoms with Gasteiger partial charge in [-0.25, -0.2) is 4.98 Å². The fourth-order valence-electron chi connectivity index (χ4n) is 4.38. The number of para-hydroxylation sites is 2. The lowest BCUT2D eigenvalue weighted by Crippen LogP contribution is -2.51. The van der Waals surface area contributed by atoms with Crippen LogP contribution in [0.5, 0.6) is 0 Å². The summed E-state index contributed by atoms with van der Waals surface area (Å²) in [5.74, 6) is 1.37. The number of piperidine rings is 1. The zero-order valence-electron chi connectivity index (χ0n) is 18.2. The van der Waals surface area contributed by atoms with Crippen molar-refractivity contribution in [1.29, 1.82) is 0 Å². The molecule has 1 aliphatic heterocycles. The molecule has 1 aromatic carbocycles. The average molecular weight is 426 g/mol. The Bertz CT molecular complexity index is 930. The Morgan fingerprint density at radius 2 is 1.97 bits per heavy atom. The number of carbonyl (C=O) groups excluding carboxylic acids is 3. The first-order chi connectivity index (χ1) is 14.9. The molecule has 1 saturated carbocycles. The molecule has 2 heterocycles. The molecule has 166 valence electrons. The van der Waals surface area contributed by atoms with Crippen LogP contribution in [-0.4, -0.2) is 57.8 Å². The van der Waals surface area contributed by atoms with Crippen LogP contribution in [0.15, 0.2) is 24.3 Å². The van der Waals surface area contributed by atoms with E-state index in [2.05, 4.69) is 20.6 Å².